The molecule has 0 spiro atoms. The van der Waals surface area contributed by atoms with Gasteiger partial charge in [0.15, 0.2) is 11.5 Å². The van der Waals surface area contributed by atoms with Crippen molar-refractivity contribution in [2.45, 2.75) is 0 Å². The summed E-state index contributed by atoms with van der Waals surface area (Å²) in [5, 5.41) is 8.70. The topological polar surface area (TPSA) is 65.0 Å². The Morgan fingerprint density at radius 1 is 0.957 bits per heavy atom. The molecule has 0 aliphatic heterocycles. The maximum Gasteiger partial charge on any atom is 0.328 e. The molecule has 23 heavy (non-hydrogen) atoms. The molecule has 0 atom stereocenters. The quantitative estimate of drug-likeness (QED) is 0.598. The summed E-state index contributed by atoms with van der Waals surface area (Å²) in [7, 11) is 1.59. The molecule has 0 bridgehead atoms. The van der Waals surface area contributed by atoms with E-state index in [0.29, 0.717) is 36.0 Å². The van der Waals surface area contributed by atoms with E-state index in [1.807, 2.05) is 36.4 Å². The number of aliphatic carboxylic acids is 1. The minimum atomic E-state index is -1.00. The summed E-state index contributed by atoms with van der Waals surface area (Å²) in [6.07, 6.45) is 2.58. The molecule has 0 saturated heterocycles. The Morgan fingerprint density at radius 2 is 1.52 bits per heavy atom. The number of hydrogen-bond acceptors (Lipinski definition) is 4. The number of benzene rings is 2. The van der Waals surface area contributed by atoms with Gasteiger partial charge in [0.2, 0.25) is 0 Å². The molecule has 5 nitrogen and oxygen atoms in total. The van der Waals surface area contributed by atoms with E-state index in [4.69, 9.17) is 19.3 Å². The summed E-state index contributed by atoms with van der Waals surface area (Å²) in [6.45, 7) is 0.674. The smallest absolute Gasteiger partial charge is 0.328 e. The Morgan fingerprint density at radius 3 is 2.17 bits per heavy atom. The third-order valence-electron chi connectivity index (χ3n) is 2.99. The van der Waals surface area contributed by atoms with Gasteiger partial charge in [0.05, 0.1) is 7.11 Å². The monoisotopic (exact) mass is 314 g/mol. The van der Waals surface area contributed by atoms with Crippen LogP contribution in [0.25, 0.3) is 6.08 Å². The van der Waals surface area contributed by atoms with Gasteiger partial charge in [-0.2, -0.15) is 0 Å². The zero-order valence-corrected chi connectivity index (χ0v) is 12.8. The van der Waals surface area contributed by atoms with Gasteiger partial charge in [0.25, 0.3) is 0 Å². The third-order valence-corrected chi connectivity index (χ3v) is 2.99. The zero-order chi connectivity index (χ0) is 16.5. The second-order valence-corrected chi connectivity index (χ2v) is 4.56. The summed E-state index contributed by atoms with van der Waals surface area (Å²) in [4.78, 5) is 10.6. The minimum absolute atomic E-state index is 0.329. The van der Waals surface area contributed by atoms with Crippen LogP contribution in [0.5, 0.6) is 17.2 Å². The van der Waals surface area contributed by atoms with Gasteiger partial charge < -0.3 is 19.3 Å². The maximum atomic E-state index is 10.6. The average molecular weight is 314 g/mol. The van der Waals surface area contributed by atoms with E-state index in [-0.39, 0.29) is 0 Å². The molecule has 120 valence electrons. The fraction of sp³-hybridized carbons (Fsp3) is 0.167. The van der Waals surface area contributed by atoms with Gasteiger partial charge in [-0.3, -0.25) is 0 Å². The van der Waals surface area contributed by atoms with Gasteiger partial charge in [0, 0.05) is 11.6 Å². The number of carboxylic acid groups (broad SMARTS) is 1. The summed E-state index contributed by atoms with van der Waals surface area (Å²) >= 11 is 0. The minimum Gasteiger partial charge on any atom is -0.493 e. The number of rotatable bonds is 8. The largest absolute Gasteiger partial charge is 0.493 e. The predicted octanol–water partition coefficient (Wildman–Crippen LogP) is 3.25. The standard InChI is InChI=1S/C18H18O5/c1-21-16-8-4-5-9-17(16)23-13-12-22-15-7-3-2-6-14(15)10-11-18(19)20/h2-11H,12-13H2,1H3,(H,19,20). The number of para-hydroxylation sites is 3. The molecule has 0 aliphatic carbocycles. The second kappa shape index (κ2) is 8.48. The number of carboxylic acids is 1. The molecule has 0 aliphatic rings. The van der Waals surface area contributed by atoms with Crippen molar-refractivity contribution in [3.63, 3.8) is 0 Å². The molecule has 0 radical (unpaired) electrons. The molecule has 0 aromatic heterocycles. The number of carbonyl (C=O) groups is 1. The summed E-state index contributed by atoms with van der Waals surface area (Å²) in [5.74, 6) is 0.919. The molecule has 0 unspecified atom stereocenters. The molecule has 0 heterocycles. The first-order chi connectivity index (χ1) is 11.2. The van der Waals surface area contributed by atoms with Crippen LogP contribution in [-0.4, -0.2) is 31.4 Å². The van der Waals surface area contributed by atoms with Crippen LogP contribution in [0.4, 0.5) is 0 Å². The van der Waals surface area contributed by atoms with E-state index >= 15 is 0 Å². The van der Waals surface area contributed by atoms with Gasteiger partial charge in [-0.1, -0.05) is 30.3 Å². The Kier molecular flexibility index (Phi) is 6.06. The molecule has 2 aromatic rings. The molecule has 2 aromatic carbocycles. The summed E-state index contributed by atoms with van der Waals surface area (Å²) < 4.78 is 16.5. The fourth-order valence-corrected chi connectivity index (χ4v) is 1.95. The van der Waals surface area contributed by atoms with Crippen LogP contribution in [0.3, 0.4) is 0 Å². The maximum absolute atomic E-state index is 10.6. The summed E-state index contributed by atoms with van der Waals surface area (Å²) in [6, 6.07) is 14.6. The van der Waals surface area contributed by atoms with Crippen LogP contribution in [0.15, 0.2) is 54.6 Å². The van der Waals surface area contributed by atoms with Crippen molar-refractivity contribution in [2.75, 3.05) is 20.3 Å². The highest BCUT2D eigenvalue weighted by Gasteiger charge is 2.04. The molecule has 0 saturated carbocycles. The van der Waals surface area contributed by atoms with Gasteiger partial charge in [0.1, 0.15) is 19.0 Å². The van der Waals surface area contributed by atoms with Gasteiger partial charge >= 0.3 is 5.97 Å². The fourth-order valence-electron chi connectivity index (χ4n) is 1.95. The van der Waals surface area contributed by atoms with Gasteiger partial charge in [-0.15, -0.1) is 0 Å². The Hall–Kier alpha value is -2.95. The third kappa shape index (κ3) is 5.07. The van der Waals surface area contributed by atoms with Crippen LogP contribution in [0, 0.1) is 0 Å². The summed E-state index contributed by atoms with van der Waals surface area (Å²) in [5.41, 5.74) is 0.701. The number of ether oxygens (including phenoxy) is 3. The molecular weight excluding hydrogens is 296 g/mol. The molecular formula is C18H18O5. The van der Waals surface area contributed by atoms with Crippen LogP contribution in [0.2, 0.25) is 0 Å². The number of methoxy groups -OCH3 is 1. The van der Waals surface area contributed by atoms with Crippen LogP contribution < -0.4 is 14.2 Å². The van der Waals surface area contributed by atoms with Crippen LogP contribution in [-0.2, 0) is 4.79 Å². The highest BCUT2D eigenvalue weighted by Crippen LogP contribution is 2.25. The van der Waals surface area contributed by atoms with Crippen molar-refractivity contribution in [2.24, 2.45) is 0 Å². The molecule has 2 rings (SSSR count). The van der Waals surface area contributed by atoms with Crippen molar-refractivity contribution < 1.29 is 24.1 Å². The van der Waals surface area contributed by atoms with E-state index in [2.05, 4.69) is 0 Å². The van der Waals surface area contributed by atoms with Gasteiger partial charge in [-0.25, -0.2) is 4.79 Å². The van der Waals surface area contributed by atoms with Crippen LogP contribution in [0.1, 0.15) is 5.56 Å². The lowest BCUT2D eigenvalue weighted by Gasteiger charge is -2.12. The van der Waals surface area contributed by atoms with Crippen LogP contribution >= 0.6 is 0 Å². The molecule has 1 N–H and O–H groups in total. The van der Waals surface area contributed by atoms with E-state index in [0.717, 1.165) is 6.08 Å². The Balaban J connectivity index is 1.90. The van der Waals surface area contributed by atoms with Crippen molar-refractivity contribution in [1.29, 1.82) is 0 Å². The van der Waals surface area contributed by atoms with Gasteiger partial charge in [-0.05, 0) is 24.3 Å². The first-order valence-electron chi connectivity index (χ1n) is 7.09. The van der Waals surface area contributed by atoms with Crippen molar-refractivity contribution in [1.82, 2.24) is 0 Å². The lowest BCUT2D eigenvalue weighted by Crippen LogP contribution is -2.10. The first-order valence-corrected chi connectivity index (χ1v) is 7.09. The van der Waals surface area contributed by atoms with E-state index in [9.17, 15) is 4.79 Å². The second-order valence-electron chi connectivity index (χ2n) is 4.56. The first kappa shape index (κ1) is 16.4. The molecule has 5 heteroatoms. The number of hydrogen-bond donors (Lipinski definition) is 1. The zero-order valence-electron chi connectivity index (χ0n) is 12.8. The van der Waals surface area contributed by atoms with Crippen molar-refractivity contribution in [3.8, 4) is 17.2 Å². The van der Waals surface area contributed by atoms with Crippen molar-refractivity contribution in [3.05, 3.63) is 60.2 Å². The molecule has 0 fully saturated rings. The lowest BCUT2D eigenvalue weighted by molar-refractivity contribution is -0.131. The Labute approximate surface area is 134 Å². The van der Waals surface area contributed by atoms with Crippen molar-refractivity contribution >= 4 is 12.0 Å². The van der Waals surface area contributed by atoms with E-state index < -0.39 is 5.97 Å². The normalized spacial score (nSPS) is 10.5. The van der Waals surface area contributed by atoms with E-state index in [1.54, 1.807) is 19.2 Å². The lowest BCUT2D eigenvalue weighted by atomic mass is 10.2. The predicted molar refractivity (Wildman–Crippen MR) is 87.1 cm³/mol. The average Bonchev–Trinajstić information content (AvgIpc) is 2.58. The SMILES string of the molecule is COc1ccccc1OCCOc1ccccc1C=CC(=O)O. The highest BCUT2D eigenvalue weighted by atomic mass is 16.5. The molecule has 0 amide bonds. The highest BCUT2D eigenvalue weighted by molar-refractivity contribution is 5.85. The van der Waals surface area contributed by atoms with E-state index in [1.165, 1.54) is 6.08 Å². The Bertz CT molecular complexity index is 679.